The van der Waals surface area contributed by atoms with E-state index >= 15 is 0 Å². The molecule has 6 nitrogen and oxygen atoms in total. The third-order valence-corrected chi connectivity index (χ3v) is 4.07. The zero-order valence-corrected chi connectivity index (χ0v) is 15.7. The Labute approximate surface area is 161 Å². The first-order valence-corrected chi connectivity index (χ1v) is 8.63. The lowest BCUT2D eigenvalue weighted by Gasteiger charge is -2.11. The average Bonchev–Trinajstić information content (AvgIpc) is 2.64. The van der Waals surface area contributed by atoms with Gasteiger partial charge in [0.05, 0.1) is 5.69 Å². The monoisotopic (exact) mass is 378 g/mol. The van der Waals surface area contributed by atoms with Gasteiger partial charge in [-0.15, -0.1) is 0 Å². The minimum Gasteiger partial charge on any atom is -0.320 e. The third-order valence-electron chi connectivity index (χ3n) is 4.07. The van der Waals surface area contributed by atoms with E-state index in [9.17, 15) is 14.0 Å². The molecule has 2 amide bonds. The molecule has 1 aromatic heterocycles. The van der Waals surface area contributed by atoms with E-state index in [4.69, 9.17) is 0 Å². The summed E-state index contributed by atoms with van der Waals surface area (Å²) in [4.78, 5) is 33.3. The molecule has 0 aliphatic heterocycles. The van der Waals surface area contributed by atoms with Crippen LogP contribution in [0.5, 0.6) is 0 Å². The average molecular weight is 378 g/mol. The van der Waals surface area contributed by atoms with Crippen molar-refractivity contribution in [3.05, 3.63) is 82.7 Å². The molecular weight excluding hydrogens is 359 g/mol. The number of hydrogen-bond acceptors (Lipinski definition) is 4. The summed E-state index contributed by atoms with van der Waals surface area (Å²) in [5.74, 6) is -0.899. The molecule has 7 heteroatoms. The number of amides is 2. The molecule has 28 heavy (non-hydrogen) atoms. The SMILES string of the molecule is Cc1cc(C(=O)Nc2cc(C(=O)Nc3ccccc3F)ccc2C)nc(C)n1. The molecule has 0 atom stereocenters. The van der Waals surface area contributed by atoms with Crippen LogP contribution in [0.3, 0.4) is 0 Å². The second kappa shape index (κ2) is 7.96. The molecule has 0 saturated carbocycles. The highest BCUT2D eigenvalue weighted by molar-refractivity contribution is 6.07. The topological polar surface area (TPSA) is 84.0 Å². The van der Waals surface area contributed by atoms with E-state index in [0.29, 0.717) is 22.8 Å². The number of carbonyl (C=O) groups excluding carboxylic acids is 2. The van der Waals surface area contributed by atoms with Crippen molar-refractivity contribution >= 4 is 23.2 Å². The van der Waals surface area contributed by atoms with Crippen molar-refractivity contribution < 1.29 is 14.0 Å². The van der Waals surface area contributed by atoms with E-state index in [0.717, 1.165) is 5.56 Å². The van der Waals surface area contributed by atoms with Crippen molar-refractivity contribution in [2.45, 2.75) is 20.8 Å². The van der Waals surface area contributed by atoms with Crippen LogP contribution >= 0.6 is 0 Å². The van der Waals surface area contributed by atoms with Crippen LogP contribution in [0.15, 0.2) is 48.5 Å². The lowest BCUT2D eigenvalue weighted by Crippen LogP contribution is -2.17. The molecule has 3 rings (SSSR count). The van der Waals surface area contributed by atoms with Gasteiger partial charge < -0.3 is 10.6 Å². The maximum absolute atomic E-state index is 13.8. The lowest BCUT2D eigenvalue weighted by molar-refractivity contribution is 0.101. The summed E-state index contributed by atoms with van der Waals surface area (Å²) < 4.78 is 13.8. The van der Waals surface area contributed by atoms with Gasteiger partial charge in [0, 0.05) is 16.9 Å². The summed E-state index contributed by atoms with van der Waals surface area (Å²) in [6.45, 7) is 5.30. The molecule has 1 heterocycles. The summed E-state index contributed by atoms with van der Waals surface area (Å²) >= 11 is 0. The molecule has 2 aromatic carbocycles. The summed E-state index contributed by atoms with van der Waals surface area (Å²) in [6, 6.07) is 12.4. The molecule has 0 aliphatic rings. The fourth-order valence-electron chi connectivity index (χ4n) is 2.67. The number of carbonyl (C=O) groups is 2. The zero-order valence-electron chi connectivity index (χ0n) is 15.7. The number of anilines is 2. The highest BCUT2D eigenvalue weighted by atomic mass is 19.1. The fourth-order valence-corrected chi connectivity index (χ4v) is 2.67. The molecular formula is C21H19FN4O2. The first-order chi connectivity index (χ1) is 13.3. The summed E-state index contributed by atoms with van der Waals surface area (Å²) in [5.41, 5.74) is 2.56. The quantitative estimate of drug-likeness (QED) is 0.717. The van der Waals surface area contributed by atoms with Gasteiger partial charge in [-0.1, -0.05) is 18.2 Å². The predicted molar refractivity (Wildman–Crippen MR) is 105 cm³/mol. The Balaban J connectivity index is 1.82. The number of nitrogens with zero attached hydrogens (tertiary/aromatic N) is 2. The number of aryl methyl sites for hydroxylation is 3. The molecule has 0 saturated heterocycles. The van der Waals surface area contributed by atoms with Gasteiger partial charge in [-0.2, -0.15) is 0 Å². The van der Waals surface area contributed by atoms with Crippen molar-refractivity contribution in [2.24, 2.45) is 0 Å². The number of aromatic nitrogens is 2. The first kappa shape index (κ1) is 19.2. The molecule has 0 fully saturated rings. The summed E-state index contributed by atoms with van der Waals surface area (Å²) in [5, 5.41) is 5.29. The van der Waals surface area contributed by atoms with Crippen molar-refractivity contribution in [2.75, 3.05) is 10.6 Å². The van der Waals surface area contributed by atoms with Gasteiger partial charge in [-0.05, 0) is 56.7 Å². The minimum atomic E-state index is -0.522. The largest absolute Gasteiger partial charge is 0.320 e. The van der Waals surface area contributed by atoms with Gasteiger partial charge in [0.1, 0.15) is 17.3 Å². The van der Waals surface area contributed by atoms with E-state index < -0.39 is 17.6 Å². The third kappa shape index (κ3) is 4.37. The van der Waals surface area contributed by atoms with E-state index in [-0.39, 0.29) is 11.4 Å². The van der Waals surface area contributed by atoms with Crippen molar-refractivity contribution in [1.29, 1.82) is 0 Å². The van der Waals surface area contributed by atoms with Crippen LogP contribution in [0, 0.1) is 26.6 Å². The van der Waals surface area contributed by atoms with Crippen molar-refractivity contribution in [3.8, 4) is 0 Å². The standard InChI is InChI=1S/C21H19FN4O2/c1-12-8-9-15(20(27)25-17-7-5-4-6-16(17)22)11-18(12)26-21(28)19-10-13(2)23-14(3)24-19/h4-11H,1-3H3,(H,25,27)(H,26,28). The highest BCUT2D eigenvalue weighted by Gasteiger charge is 2.14. The Morgan fingerprint density at radius 1 is 0.857 bits per heavy atom. The van der Waals surface area contributed by atoms with Crippen LogP contribution in [-0.4, -0.2) is 21.8 Å². The van der Waals surface area contributed by atoms with Gasteiger partial charge in [0.15, 0.2) is 0 Å². The van der Waals surface area contributed by atoms with Crippen LogP contribution in [0.4, 0.5) is 15.8 Å². The molecule has 0 aliphatic carbocycles. The number of benzene rings is 2. The van der Waals surface area contributed by atoms with Crippen LogP contribution in [-0.2, 0) is 0 Å². The van der Waals surface area contributed by atoms with E-state index in [2.05, 4.69) is 20.6 Å². The van der Waals surface area contributed by atoms with Crippen LogP contribution in [0.1, 0.15) is 37.9 Å². The number of para-hydroxylation sites is 1. The van der Waals surface area contributed by atoms with Gasteiger partial charge in [-0.25, -0.2) is 14.4 Å². The molecule has 2 N–H and O–H groups in total. The lowest BCUT2D eigenvalue weighted by atomic mass is 10.1. The second-order valence-corrected chi connectivity index (χ2v) is 6.36. The van der Waals surface area contributed by atoms with E-state index in [1.165, 1.54) is 12.1 Å². The Morgan fingerprint density at radius 3 is 2.29 bits per heavy atom. The molecule has 0 spiro atoms. The number of nitrogens with one attached hydrogen (secondary N) is 2. The summed E-state index contributed by atoms with van der Waals surface area (Å²) in [6.07, 6.45) is 0. The van der Waals surface area contributed by atoms with Gasteiger partial charge in [-0.3, -0.25) is 9.59 Å². The Hall–Kier alpha value is -3.61. The number of halogens is 1. The van der Waals surface area contributed by atoms with Crippen LogP contribution in [0.2, 0.25) is 0 Å². The second-order valence-electron chi connectivity index (χ2n) is 6.36. The molecule has 0 radical (unpaired) electrons. The number of rotatable bonds is 4. The van der Waals surface area contributed by atoms with Gasteiger partial charge >= 0.3 is 0 Å². The molecule has 142 valence electrons. The Bertz CT molecular complexity index is 1050. The van der Waals surface area contributed by atoms with E-state index in [1.807, 2.05) is 6.92 Å². The zero-order chi connectivity index (χ0) is 20.3. The minimum absolute atomic E-state index is 0.0885. The van der Waals surface area contributed by atoms with Crippen molar-refractivity contribution in [1.82, 2.24) is 9.97 Å². The van der Waals surface area contributed by atoms with Crippen LogP contribution < -0.4 is 10.6 Å². The molecule has 3 aromatic rings. The van der Waals surface area contributed by atoms with Gasteiger partial charge in [0.25, 0.3) is 11.8 Å². The normalized spacial score (nSPS) is 10.4. The van der Waals surface area contributed by atoms with Crippen LogP contribution in [0.25, 0.3) is 0 Å². The fraction of sp³-hybridized carbons (Fsp3) is 0.143. The Morgan fingerprint density at radius 2 is 1.57 bits per heavy atom. The predicted octanol–water partition coefficient (Wildman–Crippen LogP) is 4.05. The summed E-state index contributed by atoms with van der Waals surface area (Å²) in [7, 11) is 0. The smallest absolute Gasteiger partial charge is 0.274 e. The van der Waals surface area contributed by atoms with Crippen molar-refractivity contribution in [3.63, 3.8) is 0 Å². The molecule has 0 bridgehead atoms. The maximum Gasteiger partial charge on any atom is 0.274 e. The Kier molecular flexibility index (Phi) is 5.44. The van der Waals surface area contributed by atoms with E-state index in [1.54, 1.807) is 50.2 Å². The number of hydrogen-bond donors (Lipinski definition) is 2. The maximum atomic E-state index is 13.8. The first-order valence-electron chi connectivity index (χ1n) is 8.63. The highest BCUT2D eigenvalue weighted by Crippen LogP contribution is 2.20. The molecule has 0 unspecified atom stereocenters. The van der Waals surface area contributed by atoms with Gasteiger partial charge in [0.2, 0.25) is 0 Å².